The standard InChI is InChI=1S/C28H31NO6S/c1-6-34-27(31)21-16(4)29-20-14-19(17-9-8-10-18(13-17)33-5)22(28(32)35-7-2)25(30)23(20)24(21)26-15(3)11-12-36-26/h8-13,19,22,24,29H,6-7,14H2,1-5H3/t19-,22+,24+/m0/s1. The summed E-state index contributed by atoms with van der Waals surface area (Å²) >= 11 is 1.49. The molecule has 1 aromatic carbocycles. The number of carbonyl (C=O) groups is 3. The minimum Gasteiger partial charge on any atom is -0.497 e. The topological polar surface area (TPSA) is 90.9 Å². The Bertz CT molecular complexity index is 1260. The van der Waals surface area contributed by atoms with Crippen LogP contribution in [0.15, 0.2) is 58.3 Å². The van der Waals surface area contributed by atoms with Crippen LogP contribution in [-0.4, -0.2) is 38.0 Å². The van der Waals surface area contributed by atoms with Gasteiger partial charge in [0, 0.05) is 27.8 Å². The Kier molecular flexibility index (Phi) is 7.64. The van der Waals surface area contributed by atoms with Crippen molar-refractivity contribution in [3.05, 3.63) is 74.3 Å². The highest BCUT2D eigenvalue weighted by Gasteiger charge is 2.49. The van der Waals surface area contributed by atoms with Gasteiger partial charge in [0.05, 0.1) is 31.8 Å². The number of esters is 2. The third-order valence-electron chi connectivity index (χ3n) is 6.74. The molecule has 1 N–H and O–H groups in total. The second-order valence-corrected chi connectivity index (χ2v) is 9.81. The molecule has 2 aliphatic rings. The van der Waals surface area contributed by atoms with Gasteiger partial charge in [-0.2, -0.15) is 0 Å². The van der Waals surface area contributed by atoms with Gasteiger partial charge in [0.2, 0.25) is 0 Å². The van der Waals surface area contributed by atoms with Crippen molar-refractivity contribution in [1.29, 1.82) is 0 Å². The van der Waals surface area contributed by atoms with Crippen molar-refractivity contribution in [1.82, 2.24) is 5.32 Å². The number of hydrogen-bond donors (Lipinski definition) is 1. The normalized spacial score (nSPS) is 21.6. The molecule has 0 bridgehead atoms. The Morgan fingerprint density at radius 3 is 2.50 bits per heavy atom. The SMILES string of the molecule is CCOC(=O)C1=C(C)NC2=C(C(=O)[C@H](C(=O)OCC)[C@H](c3cccc(OC)c3)C2)[C@@H]1c1sccc1C. The smallest absolute Gasteiger partial charge is 0.336 e. The maximum absolute atomic E-state index is 14.3. The number of hydrogen-bond acceptors (Lipinski definition) is 8. The quantitative estimate of drug-likeness (QED) is 0.424. The van der Waals surface area contributed by atoms with Crippen LogP contribution in [-0.2, 0) is 23.9 Å². The lowest BCUT2D eigenvalue weighted by Crippen LogP contribution is -2.43. The lowest BCUT2D eigenvalue weighted by Gasteiger charge is -2.39. The molecule has 0 radical (unpaired) electrons. The van der Waals surface area contributed by atoms with Gasteiger partial charge in [0.15, 0.2) is 5.78 Å². The van der Waals surface area contributed by atoms with Crippen molar-refractivity contribution in [2.24, 2.45) is 5.92 Å². The van der Waals surface area contributed by atoms with Crippen LogP contribution in [0.4, 0.5) is 0 Å². The maximum atomic E-state index is 14.3. The summed E-state index contributed by atoms with van der Waals surface area (Å²) in [4.78, 5) is 41.5. The van der Waals surface area contributed by atoms with Crippen molar-refractivity contribution in [3.63, 3.8) is 0 Å². The lowest BCUT2D eigenvalue weighted by molar-refractivity contribution is -0.152. The second-order valence-electron chi connectivity index (χ2n) is 8.86. The van der Waals surface area contributed by atoms with Crippen molar-refractivity contribution in [3.8, 4) is 5.75 Å². The average Bonchev–Trinajstić information content (AvgIpc) is 3.28. The summed E-state index contributed by atoms with van der Waals surface area (Å²) in [5.41, 5.74) is 4.00. The second kappa shape index (κ2) is 10.7. The predicted molar refractivity (Wildman–Crippen MR) is 137 cm³/mol. The predicted octanol–water partition coefficient (Wildman–Crippen LogP) is 4.78. The van der Waals surface area contributed by atoms with E-state index in [-0.39, 0.29) is 19.0 Å². The van der Waals surface area contributed by atoms with Gasteiger partial charge >= 0.3 is 11.9 Å². The third kappa shape index (κ3) is 4.57. The average molecular weight is 510 g/mol. The van der Waals surface area contributed by atoms with Crippen LogP contribution in [0.3, 0.4) is 0 Å². The van der Waals surface area contributed by atoms with Gasteiger partial charge in [-0.25, -0.2) is 4.79 Å². The van der Waals surface area contributed by atoms with E-state index in [2.05, 4.69) is 5.32 Å². The zero-order chi connectivity index (χ0) is 26.0. The van der Waals surface area contributed by atoms with Crippen molar-refractivity contribution in [2.45, 2.75) is 46.0 Å². The number of dihydropyridines is 1. The van der Waals surface area contributed by atoms with Crippen LogP contribution >= 0.6 is 11.3 Å². The Morgan fingerprint density at radius 1 is 1.11 bits per heavy atom. The molecule has 0 spiro atoms. The molecule has 2 aromatic rings. The number of thiophene rings is 1. The van der Waals surface area contributed by atoms with E-state index in [0.717, 1.165) is 21.7 Å². The number of nitrogens with one attached hydrogen (secondary N) is 1. The van der Waals surface area contributed by atoms with Crippen LogP contribution in [0.5, 0.6) is 5.75 Å². The first-order valence-corrected chi connectivity index (χ1v) is 13.0. The van der Waals surface area contributed by atoms with E-state index < -0.39 is 29.7 Å². The van der Waals surface area contributed by atoms with Gasteiger partial charge in [-0.3, -0.25) is 9.59 Å². The molecule has 2 heterocycles. The van der Waals surface area contributed by atoms with E-state index >= 15 is 0 Å². The molecule has 0 fully saturated rings. The zero-order valence-corrected chi connectivity index (χ0v) is 22.0. The molecule has 0 saturated heterocycles. The largest absolute Gasteiger partial charge is 0.497 e. The Hall–Kier alpha value is -3.39. The van der Waals surface area contributed by atoms with Gasteiger partial charge in [0.1, 0.15) is 11.7 Å². The fourth-order valence-electron chi connectivity index (χ4n) is 5.14. The highest BCUT2D eigenvalue weighted by molar-refractivity contribution is 7.10. The summed E-state index contributed by atoms with van der Waals surface area (Å²) in [5, 5.41) is 5.27. The van der Waals surface area contributed by atoms with E-state index in [1.54, 1.807) is 21.0 Å². The van der Waals surface area contributed by atoms with E-state index in [1.807, 2.05) is 49.6 Å². The number of benzene rings is 1. The Labute approximate surface area is 215 Å². The fraction of sp³-hybridized carbons (Fsp3) is 0.393. The summed E-state index contributed by atoms with van der Waals surface area (Å²) in [5.74, 6) is -2.82. The summed E-state index contributed by atoms with van der Waals surface area (Å²) in [6, 6.07) is 9.39. The van der Waals surface area contributed by atoms with Crippen LogP contribution in [0, 0.1) is 12.8 Å². The third-order valence-corrected chi connectivity index (χ3v) is 7.82. The van der Waals surface area contributed by atoms with E-state index in [9.17, 15) is 14.4 Å². The van der Waals surface area contributed by atoms with Crippen LogP contribution < -0.4 is 10.1 Å². The van der Waals surface area contributed by atoms with Crippen LogP contribution in [0.1, 0.15) is 55.0 Å². The molecule has 36 heavy (non-hydrogen) atoms. The highest BCUT2D eigenvalue weighted by atomic mass is 32.1. The summed E-state index contributed by atoms with van der Waals surface area (Å²) in [6.45, 7) is 7.64. The van der Waals surface area contributed by atoms with Gasteiger partial charge in [0.25, 0.3) is 0 Å². The maximum Gasteiger partial charge on any atom is 0.336 e. The molecule has 0 amide bonds. The number of rotatable bonds is 7. The summed E-state index contributed by atoms with van der Waals surface area (Å²) in [7, 11) is 1.58. The Balaban J connectivity index is 1.89. The first-order valence-electron chi connectivity index (χ1n) is 12.1. The van der Waals surface area contributed by atoms with Crippen molar-refractivity contribution in [2.75, 3.05) is 20.3 Å². The monoisotopic (exact) mass is 509 g/mol. The molecule has 1 aliphatic heterocycles. The summed E-state index contributed by atoms with van der Waals surface area (Å²) < 4.78 is 16.2. The minimum absolute atomic E-state index is 0.165. The molecule has 190 valence electrons. The molecule has 1 aromatic heterocycles. The molecule has 1 aliphatic carbocycles. The zero-order valence-electron chi connectivity index (χ0n) is 21.2. The Morgan fingerprint density at radius 2 is 1.86 bits per heavy atom. The van der Waals surface area contributed by atoms with E-state index in [0.29, 0.717) is 29.0 Å². The van der Waals surface area contributed by atoms with E-state index in [1.165, 1.54) is 11.3 Å². The number of ketones is 1. The van der Waals surface area contributed by atoms with Crippen LogP contribution in [0.2, 0.25) is 0 Å². The van der Waals surface area contributed by atoms with Gasteiger partial charge < -0.3 is 19.5 Å². The number of aryl methyl sites for hydroxylation is 1. The molecule has 7 nitrogen and oxygen atoms in total. The van der Waals surface area contributed by atoms with Gasteiger partial charge in [-0.05, 0) is 68.8 Å². The molecular weight excluding hydrogens is 478 g/mol. The first kappa shape index (κ1) is 25.7. The number of allylic oxidation sites excluding steroid dienone is 3. The fourth-order valence-corrected chi connectivity index (χ4v) is 6.19. The molecule has 0 saturated carbocycles. The lowest BCUT2D eigenvalue weighted by atomic mass is 9.68. The number of methoxy groups -OCH3 is 1. The molecule has 4 rings (SSSR count). The number of ether oxygens (including phenoxy) is 3. The molecular formula is C28H31NO6S. The van der Waals surface area contributed by atoms with E-state index in [4.69, 9.17) is 14.2 Å². The number of carbonyl (C=O) groups excluding carboxylic acids is 3. The first-order chi connectivity index (χ1) is 17.3. The highest BCUT2D eigenvalue weighted by Crippen LogP contribution is 2.49. The van der Waals surface area contributed by atoms with Gasteiger partial charge in [-0.15, -0.1) is 11.3 Å². The minimum atomic E-state index is -1.04. The van der Waals surface area contributed by atoms with Gasteiger partial charge in [-0.1, -0.05) is 12.1 Å². The molecule has 8 heteroatoms. The summed E-state index contributed by atoms with van der Waals surface area (Å²) in [6.07, 6.45) is 0.409. The molecule has 0 unspecified atom stereocenters. The number of Topliss-reactive ketones (excluding diaryl/α,β-unsaturated/α-hetero) is 1. The van der Waals surface area contributed by atoms with Crippen LogP contribution in [0.25, 0.3) is 0 Å². The molecule has 3 atom stereocenters. The van der Waals surface area contributed by atoms with Crippen molar-refractivity contribution < 1.29 is 28.6 Å². The van der Waals surface area contributed by atoms with Crippen molar-refractivity contribution >= 4 is 29.1 Å².